The number of hydrogen-bond acceptors (Lipinski definition) is 8. The lowest BCUT2D eigenvalue weighted by Gasteiger charge is -2.29. The molecule has 0 aromatic heterocycles. The van der Waals surface area contributed by atoms with Crippen LogP contribution in [0, 0.1) is 0 Å². The van der Waals surface area contributed by atoms with Crippen LogP contribution in [0.15, 0.2) is 0 Å². The number of carbonyl (C=O) groups is 4. The van der Waals surface area contributed by atoms with Crippen LogP contribution in [0.2, 0.25) is 0 Å². The Labute approximate surface area is 194 Å². The normalized spacial score (nSPS) is 18.6. The number of carbonyl (C=O) groups excluding carboxylic acids is 3. The first-order valence-corrected chi connectivity index (χ1v) is 11.8. The quantitative estimate of drug-likeness (QED) is 0.111. The van der Waals surface area contributed by atoms with E-state index in [4.69, 9.17) is 17.2 Å². The van der Waals surface area contributed by atoms with E-state index in [9.17, 15) is 24.3 Å². The van der Waals surface area contributed by atoms with E-state index < -0.39 is 47.9 Å². The van der Waals surface area contributed by atoms with E-state index >= 15 is 0 Å². The number of amides is 3. The molecule has 1 aliphatic heterocycles. The van der Waals surface area contributed by atoms with Crippen molar-refractivity contribution in [2.24, 2.45) is 17.2 Å². The largest absolute Gasteiger partial charge is 0.480 e. The van der Waals surface area contributed by atoms with Crippen molar-refractivity contribution < 1.29 is 24.3 Å². The van der Waals surface area contributed by atoms with Crippen molar-refractivity contribution in [3.05, 3.63) is 0 Å². The molecule has 1 heterocycles. The van der Waals surface area contributed by atoms with E-state index in [2.05, 4.69) is 23.3 Å². The van der Waals surface area contributed by atoms with Gasteiger partial charge in [0.15, 0.2) is 0 Å². The molecule has 1 aliphatic rings. The summed E-state index contributed by atoms with van der Waals surface area (Å²) in [6, 6.07) is -3.53. The maximum absolute atomic E-state index is 13.0. The molecule has 12 heteroatoms. The zero-order valence-electron chi connectivity index (χ0n) is 18.5. The van der Waals surface area contributed by atoms with Gasteiger partial charge >= 0.3 is 5.97 Å². The van der Waals surface area contributed by atoms with Crippen molar-refractivity contribution in [2.75, 3.05) is 25.4 Å². The predicted molar refractivity (Wildman–Crippen MR) is 124 cm³/mol. The fraction of sp³-hybridized carbons (Fsp3) is 0.800. The van der Waals surface area contributed by atoms with Crippen LogP contribution in [0.4, 0.5) is 0 Å². The van der Waals surface area contributed by atoms with Crippen molar-refractivity contribution in [1.29, 1.82) is 0 Å². The summed E-state index contributed by atoms with van der Waals surface area (Å²) < 4.78 is 0. The zero-order valence-corrected chi connectivity index (χ0v) is 19.4. The summed E-state index contributed by atoms with van der Waals surface area (Å²) in [6.07, 6.45) is 4.41. The predicted octanol–water partition coefficient (Wildman–Crippen LogP) is -1.45. The van der Waals surface area contributed by atoms with Crippen molar-refractivity contribution >= 4 is 36.3 Å². The number of thiol groups is 1. The van der Waals surface area contributed by atoms with Crippen LogP contribution >= 0.6 is 12.6 Å². The Bertz CT molecular complexity index is 638. The Morgan fingerprint density at radius 3 is 2.19 bits per heavy atom. The summed E-state index contributed by atoms with van der Waals surface area (Å²) in [6.45, 7) is 1.30. The summed E-state index contributed by atoms with van der Waals surface area (Å²) in [4.78, 5) is 51.0. The first-order chi connectivity index (χ1) is 15.3. The number of rotatable bonds is 15. The third kappa shape index (κ3) is 8.93. The fourth-order valence-electron chi connectivity index (χ4n) is 3.63. The second-order valence-corrected chi connectivity index (χ2v) is 8.37. The van der Waals surface area contributed by atoms with Crippen molar-refractivity contribution in [2.45, 2.75) is 75.5 Å². The van der Waals surface area contributed by atoms with Crippen LogP contribution < -0.4 is 27.8 Å². The highest BCUT2D eigenvalue weighted by Gasteiger charge is 2.38. The van der Waals surface area contributed by atoms with Gasteiger partial charge in [-0.05, 0) is 58.0 Å². The van der Waals surface area contributed by atoms with Crippen LogP contribution in [-0.2, 0) is 19.2 Å². The molecule has 0 spiro atoms. The van der Waals surface area contributed by atoms with Crippen LogP contribution in [-0.4, -0.2) is 83.3 Å². The minimum Gasteiger partial charge on any atom is -0.480 e. The molecule has 32 heavy (non-hydrogen) atoms. The minimum atomic E-state index is -1.13. The summed E-state index contributed by atoms with van der Waals surface area (Å²) in [7, 11) is 0. The molecule has 0 aromatic rings. The first-order valence-electron chi connectivity index (χ1n) is 11.2. The highest BCUT2D eigenvalue weighted by atomic mass is 32.1. The third-order valence-corrected chi connectivity index (χ3v) is 5.87. The average molecular weight is 475 g/mol. The third-order valence-electron chi connectivity index (χ3n) is 5.50. The van der Waals surface area contributed by atoms with Gasteiger partial charge in [-0.2, -0.15) is 12.6 Å². The maximum atomic E-state index is 13.0. The number of likely N-dealkylation sites (tertiary alicyclic amines) is 1. The van der Waals surface area contributed by atoms with Crippen molar-refractivity contribution in [1.82, 2.24) is 15.5 Å². The maximum Gasteiger partial charge on any atom is 0.326 e. The molecule has 9 N–H and O–H groups in total. The lowest BCUT2D eigenvalue weighted by Crippen LogP contribution is -2.57. The number of hydrogen-bond donors (Lipinski definition) is 7. The van der Waals surface area contributed by atoms with Gasteiger partial charge in [-0.25, -0.2) is 4.79 Å². The van der Waals surface area contributed by atoms with E-state index in [-0.39, 0.29) is 12.2 Å². The second kappa shape index (κ2) is 15.0. The molecule has 184 valence electrons. The Hall–Kier alpha value is -1.89. The molecule has 0 saturated carbocycles. The van der Waals surface area contributed by atoms with E-state index in [1.54, 1.807) is 0 Å². The van der Waals surface area contributed by atoms with E-state index in [1.807, 2.05) is 0 Å². The molecular formula is C20H38N6O5S. The van der Waals surface area contributed by atoms with Gasteiger partial charge in [0.25, 0.3) is 0 Å². The monoisotopic (exact) mass is 474 g/mol. The average Bonchev–Trinajstić information content (AvgIpc) is 3.26. The van der Waals surface area contributed by atoms with Gasteiger partial charge in [-0.3, -0.25) is 14.4 Å². The van der Waals surface area contributed by atoms with Crippen LogP contribution in [0.5, 0.6) is 0 Å². The number of nitrogens with zero attached hydrogens (tertiary/aromatic N) is 1. The number of aliphatic carboxylic acids is 1. The molecule has 0 aromatic carbocycles. The van der Waals surface area contributed by atoms with E-state index in [0.29, 0.717) is 58.2 Å². The van der Waals surface area contributed by atoms with Crippen LogP contribution in [0.1, 0.15) is 51.4 Å². The molecule has 0 bridgehead atoms. The molecule has 0 radical (unpaired) electrons. The molecule has 1 fully saturated rings. The van der Waals surface area contributed by atoms with Gasteiger partial charge in [-0.15, -0.1) is 0 Å². The topological polar surface area (TPSA) is 194 Å². The van der Waals surface area contributed by atoms with Gasteiger partial charge < -0.3 is 37.8 Å². The Morgan fingerprint density at radius 1 is 1.00 bits per heavy atom. The number of carboxylic acids is 1. The molecule has 1 saturated heterocycles. The van der Waals surface area contributed by atoms with Gasteiger partial charge in [0.05, 0.1) is 6.04 Å². The summed E-state index contributed by atoms with van der Waals surface area (Å²) in [5.74, 6) is -2.49. The lowest BCUT2D eigenvalue weighted by atomic mass is 10.1. The molecule has 1 rings (SSSR count). The smallest absolute Gasteiger partial charge is 0.326 e. The highest BCUT2D eigenvalue weighted by molar-refractivity contribution is 7.80. The Morgan fingerprint density at radius 2 is 1.62 bits per heavy atom. The van der Waals surface area contributed by atoms with E-state index in [0.717, 1.165) is 6.42 Å². The number of nitrogens with one attached hydrogen (secondary N) is 2. The van der Waals surface area contributed by atoms with E-state index in [1.165, 1.54) is 4.90 Å². The molecule has 11 nitrogen and oxygen atoms in total. The minimum absolute atomic E-state index is 0.0434. The standard InChI is InChI=1S/C20H38N6O5S/c21-9-3-1-6-13(23)17(27)25-15(12-32)19(29)26-11-5-8-16(26)18(28)24-14(20(30)31)7-2-4-10-22/h13-16,32H,1-12,21-23H2,(H,24,28)(H,25,27)(H,30,31). The van der Waals surface area contributed by atoms with Crippen molar-refractivity contribution in [3.63, 3.8) is 0 Å². The fourth-order valence-corrected chi connectivity index (χ4v) is 3.87. The zero-order chi connectivity index (χ0) is 24.1. The first kappa shape index (κ1) is 28.1. The molecule has 4 unspecified atom stereocenters. The van der Waals surface area contributed by atoms with Gasteiger partial charge in [0.1, 0.15) is 18.1 Å². The van der Waals surface area contributed by atoms with Gasteiger partial charge in [0.2, 0.25) is 17.7 Å². The molecular weight excluding hydrogens is 436 g/mol. The lowest BCUT2D eigenvalue weighted by molar-refractivity contribution is -0.144. The Kier molecular flexibility index (Phi) is 13.2. The number of nitrogens with two attached hydrogens (primary N) is 3. The molecule has 4 atom stereocenters. The summed E-state index contributed by atoms with van der Waals surface area (Å²) in [5.41, 5.74) is 16.8. The second-order valence-electron chi connectivity index (χ2n) is 8.01. The summed E-state index contributed by atoms with van der Waals surface area (Å²) in [5, 5.41) is 14.6. The van der Waals surface area contributed by atoms with Gasteiger partial charge in [0, 0.05) is 12.3 Å². The summed E-state index contributed by atoms with van der Waals surface area (Å²) >= 11 is 4.18. The number of unbranched alkanes of at least 4 members (excludes halogenated alkanes) is 2. The number of carboxylic acid groups (broad SMARTS) is 1. The molecule has 0 aliphatic carbocycles. The van der Waals surface area contributed by atoms with Crippen LogP contribution in [0.3, 0.4) is 0 Å². The molecule has 3 amide bonds. The van der Waals surface area contributed by atoms with Gasteiger partial charge in [-0.1, -0.05) is 6.42 Å². The Balaban J connectivity index is 2.73. The SMILES string of the molecule is NCCCCC(N)C(=O)NC(CS)C(=O)N1CCCC1C(=O)NC(CCCCN)C(=O)O. The van der Waals surface area contributed by atoms with Crippen LogP contribution in [0.25, 0.3) is 0 Å². The van der Waals surface area contributed by atoms with Crippen molar-refractivity contribution in [3.8, 4) is 0 Å². The highest BCUT2D eigenvalue weighted by Crippen LogP contribution is 2.19.